The van der Waals surface area contributed by atoms with Crippen LogP contribution in [0.2, 0.25) is 0 Å². The summed E-state index contributed by atoms with van der Waals surface area (Å²) in [6, 6.07) is 3.85. The minimum absolute atomic E-state index is 0.00243. The standard InChI is InChI=1S/C12H12O5/c1-7(2)11(14)17-8-4-5-9(10(13)6-8)12(15)16-3/h4-6,13H,1H2,2-3H3. The van der Waals surface area contributed by atoms with E-state index in [1.165, 1.54) is 26.2 Å². The molecule has 5 nitrogen and oxygen atoms in total. The first kappa shape index (κ1) is 12.8. The third-order valence-electron chi connectivity index (χ3n) is 1.93. The Morgan fingerprint density at radius 1 is 1.35 bits per heavy atom. The van der Waals surface area contributed by atoms with Crippen LogP contribution in [0.1, 0.15) is 17.3 Å². The van der Waals surface area contributed by atoms with Gasteiger partial charge in [-0.25, -0.2) is 9.59 Å². The third-order valence-corrected chi connectivity index (χ3v) is 1.93. The summed E-state index contributed by atoms with van der Waals surface area (Å²) in [5.41, 5.74) is 0.240. The zero-order valence-electron chi connectivity index (χ0n) is 9.52. The molecule has 0 heterocycles. The molecule has 90 valence electrons. The second-order valence-corrected chi connectivity index (χ2v) is 3.34. The van der Waals surface area contributed by atoms with Crippen LogP contribution in [0.4, 0.5) is 0 Å². The van der Waals surface area contributed by atoms with E-state index in [1.807, 2.05) is 0 Å². The van der Waals surface area contributed by atoms with Crippen LogP contribution in [-0.2, 0) is 9.53 Å². The maximum absolute atomic E-state index is 11.2. The van der Waals surface area contributed by atoms with E-state index in [-0.39, 0.29) is 22.6 Å². The lowest BCUT2D eigenvalue weighted by Gasteiger charge is -2.06. The van der Waals surface area contributed by atoms with Crippen molar-refractivity contribution in [1.82, 2.24) is 0 Å². The fourth-order valence-corrected chi connectivity index (χ4v) is 1.05. The van der Waals surface area contributed by atoms with E-state index in [0.29, 0.717) is 0 Å². The van der Waals surface area contributed by atoms with Gasteiger partial charge in [-0.2, -0.15) is 0 Å². The van der Waals surface area contributed by atoms with Crippen molar-refractivity contribution in [3.8, 4) is 11.5 Å². The van der Waals surface area contributed by atoms with Crippen molar-refractivity contribution in [3.63, 3.8) is 0 Å². The Balaban J connectivity index is 2.93. The Kier molecular flexibility index (Phi) is 3.87. The van der Waals surface area contributed by atoms with Crippen LogP contribution < -0.4 is 4.74 Å². The fourth-order valence-electron chi connectivity index (χ4n) is 1.05. The maximum Gasteiger partial charge on any atom is 0.341 e. The molecule has 0 saturated heterocycles. The molecule has 0 aliphatic carbocycles. The van der Waals surface area contributed by atoms with Crippen LogP contribution in [0, 0.1) is 0 Å². The Labute approximate surface area is 98.3 Å². The van der Waals surface area contributed by atoms with E-state index >= 15 is 0 Å². The van der Waals surface area contributed by atoms with E-state index < -0.39 is 11.9 Å². The molecule has 5 heteroatoms. The number of esters is 2. The van der Waals surface area contributed by atoms with Gasteiger partial charge in [0.25, 0.3) is 0 Å². The van der Waals surface area contributed by atoms with Gasteiger partial charge in [-0.3, -0.25) is 0 Å². The first-order chi connectivity index (χ1) is 7.95. The zero-order valence-corrected chi connectivity index (χ0v) is 9.52. The molecule has 0 bridgehead atoms. The van der Waals surface area contributed by atoms with Gasteiger partial charge in [0.1, 0.15) is 17.1 Å². The fraction of sp³-hybridized carbons (Fsp3) is 0.167. The molecule has 0 atom stereocenters. The molecule has 1 rings (SSSR count). The van der Waals surface area contributed by atoms with E-state index in [0.717, 1.165) is 6.07 Å². The minimum Gasteiger partial charge on any atom is -0.507 e. The van der Waals surface area contributed by atoms with Crippen LogP contribution in [0.25, 0.3) is 0 Å². The number of benzene rings is 1. The molecular formula is C12H12O5. The smallest absolute Gasteiger partial charge is 0.341 e. The van der Waals surface area contributed by atoms with E-state index in [2.05, 4.69) is 11.3 Å². The Morgan fingerprint density at radius 2 is 2.00 bits per heavy atom. The lowest BCUT2D eigenvalue weighted by Crippen LogP contribution is -2.08. The largest absolute Gasteiger partial charge is 0.507 e. The summed E-state index contributed by atoms with van der Waals surface area (Å²) in [6.45, 7) is 4.93. The number of carbonyl (C=O) groups is 2. The molecule has 0 amide bonds. The van der Waals surface area contributed by atoms with Crippen molar-refractivity contribution in [1.29, 1.82) is 0 Å². The van der Waals surface area contributed by atoms with Gasteiger partial charge >= 0.3 is 11.9 Å². The highest BCUT2D eigenvalue weighted by Crippen LogP contribution is 2.24. The first-order valence-electron chi connectivity index (χ1n) is 4.74. The van der Waals surface area contributed by atoms with Gasteiger partial charge in [0.15, 0.2) is 0 Å². The predicted molar refractivity (Wildman–Crippen MR) is 59.9 cm³/mol. The zero-order chi connectivity index (χ0) is 13.0. The van der Waals surface area contributed by atoms with Crippen LogP contribution >= 0.6 is 0 Å². The first-order valence-corrected chi connectivity index (χ1v) is 4.74. The topological polar surface area (TPSA) is 72.8 Å². The summed E-state index contributed by atoms with van der Waals surface area (Å²) in [4.78, 5) is 22.4. The highest BCUT2D eigenvalue weighted by Gasteiger charge is 2.13. The molecule has 0 aliphatic heterocycles. The van der Waals surface area contributed by atoms with Crippen LogP contribution in [0.3, 0.4) is 0 Å². The second-order valence-electron chi connectivity index (χ2n) is 3.34. The molecule has 0 fully saturated rings. The average molecular weight is 236 g/mol. The molecule has 0 saturated carbocycles. The van der Waals surface area contributed by atoms with Crippen LogP contribution in [0.15, 0.2) is 30.4 Å². The van der Waals surface area contributed by atoms with Gasteiger partial charge in [-0.05, 0) is 19.1 Å². The van der Waals surface area contributed by atoms with Gasteiger partial charge in [0.2, 0.25) is 0 Å². The lowest BCUT2D eigenvalue weighted by atomic mass is 10.2. The molecular weight excluding hydrogens is 224 g/mol. The second kappa shape index (κ2) is 5.16. The van der Waals surface area contributed by atoms with Crippen molar-refractivity contribution < 1.29 is 24.2 Å². The number of hydrogen-bond donors (Lipinski definition) is 1. The summed E-state index contributed by atoms with van der Waals surface area (Å²) in [5.74, 6) is -1.46. The summed E-state index contributed by atoms with van der Waals surface area (Å²) < 4.78 is 9.33. The Morgan fingerprint density at radius 3 is 2.47 bits per heavy atom. The number of phenols is 1. The number of aromatic hydroxyl groups is 1. The number of hydrogen-bond acceptors (Lipinski definition) is 5. The molecule has 0 unspecified atom stereocenters. The third kappa shape index (κ3) is 3.07. The number of phenolic OH excluding ortho intramolecular Hbond substituents is 1. The number of rotatable bonds is 3. The highest BCUT2D eigenvalue weighted by molar-refractivity contribution is 5.93. The Bertz CT molecular complexity index is 476. The maximum atomic E-state index is 11.2. The van der Waals surface area contributed by atoms with E-state index in [4.69, 9.17) is 4.74 Å². The number of methoxy groups -OCH3 is 1. The van der Waals surface area contributed by atoms with Gasteiger partial charge < -0.3 is 14.6 Å². The van der Waals surface area contributed by atoms with E-state index in [9.17, 15) is 14.7 Å². The summed E-state index contributed by atoms with van der Waals surface area (Å²) in [7, 11) is 1.21. The average Bonchev–Trinajstić information content (AvgIpc) is 2.28. The van der Waals surface area contributed by atoms with Crippen LogP contribution in [-0.4, -0.2) is 24.2 Å². The van der Waals surface area contributed by atoms with Crippen molar-refractivity contribution in [3.05, 3.63) is 35.9 Å². The van der Waals surface area contributed by atoms with Crippen molar-refractivity contribution in [2.75, 3.05) is 7.11 Å². The van der Waals surface area contributed by atoms with Crippen molar-refractivity contribution in [2.45, 2.75) is 6.92 Å². The molecule has 1 aromatic carbocycles. The number of carbonyl (C=O) groups excluding carboxylic acids is 2. The van der Waals surface area contributed by atoms with Crippen LogP contribution in [0.5, 0.6) is 11.5 Å². The van der Waals surface area contributed by atoms with Crippen molar-refractivity contribution >= 4 is 11.9 Å². The molecule has 0 aromatic heterocycles. The predicted octanol–water partition coefficient (Wildman–Crippen LogP) is 1.66. The summed E-state index contributed by atoms with van der Waals surface area (Å²) in [6.07, 6.45) is 0. The highest BCUT2D eigenvalue weighted by atomic mass is 16.5. The van der Waals surface area contributed by atoms with Crippen molar-refractivity contribution in [2.24, 2.45) is 0 Å². The number of ether oxygens (including phenoxy) is 2. The molecule has 0 aliphatic rings. The molecule has 1 N–H and O–H groups in total. The van der Waals surface area contributed by atoms with Gasteiger partial charge in [-0.15, -0.1) is 0 Å². The molecule has 0 spiro atoms. The Hall–Kier alpha value is -2.30. The molecule has 17 heavy (non-hydrogen) atoms. The van der Waals surface area contributed by atoms with Gasteiger partial charge in [0, 0.05) is 11.6 Å². The quantitative estimate of drug-likeness (QED) is 0.491. The lowest BCUT2D eigenvalue weighted by molar-refractivity contribution is -0.130. The van der Waals surface area contributed by atoms with Gasteiger partial charge in [0.05, 0.1) is 7.11 Å². The monoisotopic (exact) mass is 236 g/mol. The molecule has 0 radical (unpaired) electrons. The SMILES string of the molecule is C=C(C)C(=O)Oc1ccc(C(=O)OC)c(O)c1. The minimum atomic E-state index is -0.666. The van der Waals surface area contributed by atoms with Gasteiger partial charge in [-0.1, -0.05) is 6.58 Å². The summed E-state index contributed by atoms with van der Waals surface area (Å²) in [5, 5.41) is 9.53. The van der Waals surface area contributed by atoms with E-state index in [1.54, 1.807) is 0 Å². The molecule has 1 aromatic rings. The normalized spacial score (nSPS) is 9.53. The summed E-state index contributed by atoms with van der Waals surface area (Å²) >= 11 is 0.